The van der Waals surface area contributed by atoms with Gasteiger partial charge in [0.05, 0.1) is 0 Å². The number of nitrogens with one attached hydrogen (secondary N) is 1. The number of carbonyl (C=O) groups is 2. The number of anilines is 1. The summed E-state index contributed by atoms with van der Waals surface area (Å²) in [5, 5.41) is 2.86. The Balaban J connectivity index is 2.57. The van der Waals surface area contributed by atoms with E-state index in [-0.39, 0.29) is 11.8 Å². The van der Waals surface area contributed by atoms with Crippen molar-refractivity contribution in [1.29, 1.82) is 0 Å². The summed E-state index contributed by atoms with van der Waals surface area (Å²) in [6.45, 7) is 7.44. The molecule has 2 amide bonds. The molecule has 1 rings (SSSR count). The Hall–Kier alpha value is -1.84. The van der Waals surface area contributed by atoms with Gasteiger partial charge >= 0.3 is 0 Å². The van der Waals surface area contributed by atoms with E-state index in [9.17, 15) is 9.59 Å². The quantitative estimate of drug-likeness (QED) is 0.742. The standard InChI is InChI=1S/C17H26N2O2/c1-4-7-8-9-16(20)18-15-12-10-14(11-13-15)17(21)19(5-2)6-3/h10-13H,4-9H2,1-3H3,(H,18,20). The fourth-order valence-electron chi connectivity index (χ4n) is 2.15. The third kappa shape index (κ3) is 5.58. The van der Waals surface area contributed by atoms with Crippen molar-refractivity contribution in [3.8, 4) is 0 Å². The minimum absolute atomic E-state index is 0.0285. The van der Waals surface area contributed by atoms with Crippen LogP contribution in [0.1, 0.15) is 56.8 Å². The molecule has 21 heavy (non-hydrogen) atoms. The van der Waals surface area contributed by atoms with Crippen molar-refractivity contribution in [3.63, 3.8) is 0 Å². The van der Waals surface area contributed by atoms with Crippen LogP contribution in [0.25, 0.3) is 0 Å². The van der Waals surface area contributed by atoms with Gasteiger partial charge in [0.25, 0.3) is 5.91 Å². The maximum Gasteiger partial charge on any atom is 0.253 e. The number of benzene rings is 1. The van der Waals surface area contributed by atoms with Gasteiger partial charge in [0.1, 0.15) is 0 Å². The molecule has 0 aliphatic heterocycles. The summed E-state index contributed by atoms with van der Waals surface area (Å²) >= 11 is 0. The van der Waals surface area contributed by atoms with Crippen molar-refractivity contribution in [1.82, 2.24) is 4.90 Å². The number of hydrogen-bond donors (Lipinski definition) is 1. The highest BCUT2D eigenvalue weighted by Gasteiger charge is 2.12. The van der Waals surface area contributed by atoms with Crippen molar-refractivity contribution in [2.45, 2.75) is 46.5 Å². The molecule has 0 saturated heterocycles. The Morgan fingerprint density at radius 2 is 1.62 bits per heavy atom. The van der Waals surface area contributed by atoms with E-state index in [0.29, 0.717) is 25.1 Å². The van der Waals surface area contributed by atoms with Gasteiger partial charge in [-0.15, -0.1) is 0 Å². The maximum atomic E-state index is 12.2. The molecule has 0 spiro atoms. The van der Waals surface area contributed by atoms with E-state index < -0.39 is 0 Å². The maximum absolute atomic E-state index is 12.2. The van der Waals surface area contributed by atoms with Crippen LogP contribution in [-0.2, 0) is 4.79 Å². The number of hydrogen-bond acceptors (Lipinski definition) is 2. The van der Waals surface area contributed by atoms with Crippen LogP contribution in [0, 0.1) is 0 Å². The van der Waals surface area contributed by atoms with Crippen molar-refractivity contribution < 1.29 is 9.59 Å². The van der Waals surface area contributed by atoms with Gasteiger partial charge in [-0.1, -0.05) is 19.8 Å². The Morgan fingerprint density at radius 3 is 2.14 bits per heavy atom. The molecule has 1 aromatic rings. The lowest BCUT2D eigenvalue weighted by Gasteiger charge is -2.18. The van der Waals surface area contributed by atoms with Crippen LogP contribution < -0.4 is 5.32 Å². The van der Waals surface area contributed by atoms with E-state index in [0.717, 1.165) is 24.9 Å². The highest BCUT2D eigenvalue weighted by molar-refractivity contribution is 5.95. The average Bonchev–Trinajstić information content (AvgIpc) is 2.49. The van der Waals surface area contributed by atoms with Crippen LogP contribution in [-0.4, -0.2) is 29.8 Å². The summed E-state index contributed by atoms with van der Waals surface area (Å²) in [7, 11) is 0. The lowest BCUT2D eigenvalue weighted by Crippen LogP contribution is -2.30. The van der Waals surface area contributed by atoms with Crippen molar-refractivity contribution in [2.24, 2.45) is 0 Å². The molecule has 0 fully saturated rings. The molecule has 1 aromatic carbocycles. The van der Waals surface area contributed by atoms with E-state index in [1.165, 1.54) is 0 Å². The zero-order valence-electron chi connectivity index (χ0n) is 13.3. The van der Waals surface area contributed by atoms with Crippen LogP contribution in [0.3, 0.4) is 0 Å². The Morgan fingerprint density at radius 1 is 1.00 bits per heavy atom. The molecular formula is C17H26N2O2. The van der Waals surface area contributed by atoms with Crippen molar-refractivity contribution in [2.75, 3.05) is 18.4 Å². The highest BCUT2D eigenvalue weighted by Crippen LogP contribution is 2.12. The highest BCUT2D eigenvalue weighted by atomic mass is 16.2. The van der Waals surface area contributed by atoms with E-state index in [1.54, 1.807) is 29.2 Å². The topological polar surface area (TPSA) is 49.4 Å². The molecule has 4 heteroatoms. The SMILES string of the molecule is CCCCCC(=O)Nc1ccc(C(=O)N(CC)CC)cc1. The van der Waals surface area contributed by atoms with Crippen LogP contribution >= 0.6 is 0 Å². The molecule has 1 N–H and O–H groups in total. The minimum Gasteiger partial charge on any atom is -0.339 e. The van der Waals surface area contributed by atoms with Crippen LogP contribution in [0.5, 0.6) is 0 Å². The molecule has 0 atom stereocenters. The van der Waals surface area contributed by atoms with E-state index >= 15 is 0 Å². The van der Waals surface area contributed by atoms with E-state index in [2.05, 4.69) is 12.2 Å². The van der Waals surface area contributed by atoms with Crippen LogP contribution in [0.2, 0.25) is 0 Å². The summed E-state index contributed by atoms with van der Waals surface area (Å²) < 4.78 is 0. The summed E-state index contributed by atoms with van der Waals surface area (Å²) in [6, 6.07) is 7.10. The number of unbranched alkanes of at least 4 members (excludes halogenated alkanes) is 2. The zero-order chi connectivity index (χ0) is 15.7. The lowest BCUT2D eigenvalue weighted by molar-refractivity contribution is -0.116. The Bertz CT molecular complexity index is 450. The molecule has 116 valence electrons. The molecule has 0 radical (unpaired) electrons. The number of amides is 2. The first-order valence-corrected chi connectivity index (χ1v) is 7.81. The average molecular weight is 290 g/mol. The largest absolute Gasteiger partial charge is 0.339 e. The molecule has 0 heterocycles. The second-order valence-corrected chi connectivity index (χ2v) is 5.06. The molecule has 0 aliphatic rings. The number of nitrogens with zero attached hydrogens (tertiary/aromatic N) is 1. The third-order valence-corrected chi connectivity index (χ3v) is 3.47. The monoisotopic (exact) mass is 290 g/mol. The number of rotatable bonds is 8. The first-order valence-electron chi connectivity index (χ1n) is 7.81. The first-order chi connectivity index (χ1) is 10.1. The van der Waals surface area contributed by atoms with Crippen molar-refractivity contribution in [3.05, 3.63) is 29.8 Å². The van der Waals surface area contributed by atoms with Crippen LogP contribution in [0.15, 0.2) is 24.3 Å². The second kappa shape index (κ2) is 9.16. The van der Waals surface area contributed by atoms with E-state index in [1.807, 2.05) is 13.8 Å². The van der Waals surface area contributed by atoms with Gasteiger partial charge in [-0.2, -0.15) is 0 Å². The fourth-order valence-corrected chi connectivity index (χ4v) is 2.15. The van der Waals surface area contributed by atoms with Crippen molar-refractivity contribution >= 4 is 17.5 Å². The molecule has 0 aliphatic carbocycles. The fraction of sp³-hybridized carbons (Fsp3) is 0.529. The van der Waals surface area contributed by atoms with Gasteiger partial charge in [0.2, 0.25) is 5.91 Å². The second-order valence-electron chi connectivity index (χ2n) is 5.06. The summed E-state index contributed by atoms with van der Waals surface area (Å²) in [4.78, 5) is 25.7. The summed E-state index contributed by atoms with van der Waals surface area (Å²) in [5.74, 6) is 0.0621. The molecule has 0 bridgehead atoms. The third-order valence-electron chi connectivity index (χ3n) is 3.47. The smallest absolute Gasteiger partial charge is 0.253 e. The lowest BCUT2D eigenvalue weighted by atomic mass is 10.1. The van der Waals surface area contributed by atoms with Gasteiger partial charge in [-0.05, 0) is 44.5 Å². The normalized spacial score (nSPS) is 10.2. The molecule has 0 unspecified atom stereocenters. The Kier molecular flexibility index (Phi) is 7.51. The predicted molar refractivity (Wildman–Crippen MR) is 86.5 cm³/mol. The van der Waals surface area contributed by atoms with Gasteiger partial charge in [0, 0.05) is 30.8 Å². The van der Waals surface area contributed by atoms with E-state index in [4.69, 9.17) is 0 Å². The molecule has 0 saturated carbocycles. The predicted octanol–water partition coefficient (Wildman–Crippen LogP) is 3.69. The zero-order valence-corrected chi connectivity index (χ0v) is 13.3. The van der Waals surface area contributed by atoms with Gasteiger partial charge in [-0.25, -0.2) is 0 Å². The molecule has 4 nitrogen and oxygen atoms in total. The minimum atomic E-state index is 0.0285. The molecule has 0 aromatic heterocycles. The Labute approximate surface area is 127 Å². The van der Waals surface area contributed by atoms with Gasteiger partial charge in [0.15, 0.2) is 0 Å². The first kappa shape index (κ1) is 17.2. The van der Waals surface area contributed by atoms with Gasteiger partial charge < -0.3 is 10.2 Å². The van der Waals surface area contributed by atoms with Crippen LogP contribution in [0.4, 0.5) is 5.69 Å². The number of carbonyl (C=O) groups excluding carboxylic acids is 2. The molecular weight excluding hydrogens is 264 g/mol. The summed E-state index contributed by atoms with van der Waals surface area (Å²) in [6.07, 6.45) is 3.65. The van der Waals surface area contributed by atoms with Gasteiger partial charge in [-0.3, -0.25) is 9.59 Å². The summed E-state index contributed by atoms with van der Waals surface area (Å²) in [5.41, 5.74) is 1.40.